The normalized spacial score (nSPS) is 13.4. The summed E-state index contributed by atoms with van der Waals surface area (Å²) in [5, 5.41) is 12.0. The maximum atomic E-state index is 11.7. The fourth-order valence-corrected chi connectivity index (χ4v) is 1.82. The fraction of sp³-hybridized carbons (Fsp3) is 0.929. The van der Waals surface area contributed by atoms with E-state index in [9.17, 15) is 4.79 Å². The van der Waals surface area contributed by atoms with Gasteiger partial charge in [0.25, 0.3) is 0 Å². The van der Waals surface area contributed by atoms with Crippen LogP contribution in [0.15, 0.2) is 0 Å². The maximum Gasteiger partial charge on any atom is 0.306 e. The van der Waals surface area contributed by atoms with Crippen LogP contribution in [-0.2, 0) is 9.53 Å². The molecular weight excluding hydrogens is 232 g/mol. The molecule has 0 radical (unpaired) electrons. The first kappa shape index (κ1) is 19.7. The molecule has 0 amide bonds. The highest BCUT2D eigenvalue weighted by Gasteiger charge is 2.23. The number of carbonyl (C=O) groups is 1. The minimum absolute atomic E-state index is 0.0661. The zero-order valence-corrected chi connectivity index (χ0v) is 12.9. The topological polar surface area (TPSA) is 66.8 Å². The van der Waals surface area contributed by atoms with Crippen molar-refractivity contribution in [2.45, 2.75) is 73.3 Å². The van der Waals surface area contributed by atoms with Crippen LogP contribution in [0.2, 0.25) is 0 Å². The van der Waals surface area contributed by atoms with Crippen molar-refractivity contribution in [3.63, 3.8) is 0 Å². The van der Waals surface area contributed by atoms with Crippen LogP contribution >= 0.6 is 0 Å². The van der Waals surface area contributed by atoms with E-state index < -0.39 is 0 Å². The molecule has 0 aliphatic heterocycles. The Balaban J connectivity index is 0. The van der Waals surface area contributed by atoms with Crippen LogP contribution in [-0.4, -0.2) is 22.1 Å². The van der Waals surface area contributed by atoms with Crippen molar-refractivity contribution in [2.75, 3.05) is 0 Å². The van der Waals surface area contributed by atoms with E-state index in [1.165, 1.54) is 0 Å². The Kier molecular flexibility index (Phi) is 9.30. The predicted octanol–water partition coefficient (Wildman–Crippen LogP) is 4.20. The van der Waals surface area contributed by atoms with Gasteiger partial charge in [-0.2, -0.15) is 0 Å². The Hall–Kier alpha value is -0.610. The van der Waals surface area contributed by atoms with Gasteiger partial charge < -0.3 is 4.74 Å². The van der Waals surface area contributed by atoms with Gasteiger partial charge in [0.2, 0.25) is 0 Å². The van der Waals surface area contributed by atoms with E-state index in [4.69, 9.17) is 15.3 Å². The standard InChI is InChI=1S/C14H28O2.H2O2/c1-8-14(6,7)16-12(15)9-11(2)10-13(3,4)5;1-2/h11H,8-10H2,1-7H3;1-2H. The summed E-state index contributed by atoms with van der Waals surface area (Å²) in [4.78, 5) is 11.7. The predicted molar refractivity (Wildman–Crippen MR) is 73.6 cm³/mol. The third-order valence-corrected chi connectivity index (χ3v) is 2.72. The molecule has 0 saturated carbocycles. The van der Waals surface area contributed by atoms with Crippen molar-refractivity contribution >= 4 is 5.97 Å². The van der Waals surface area contributed by atoms with E-state index in [-0.39, 0.29) is 17.0 Å². The monoisotopic (exact) mass is 262 g/mol. The number of rotatable bonds is 5. The van der Waals surface area contributed by atoms with Gasteiger partial charge >= 0.3 is 5.97 Å². The molecule has 2 N–H and O–H groups in total. The first-order chi connectivity index (χ1) is 8.06. The smallest absolute Gasteiger partial charge is 0.306 e. The molecule has 0 aromatic heterocycles. The lowest BCUT2D eigenvalue weighted by molar-refractivity contribution is -0.176. The lowest BCUT2D eigenvalue weighted by Crippen LogP contribution is -2.28. The van der Waals surface area contributed by atoms with E-state index in [1.54, 1.807) is 0 Å². The summed E-state index contributed by atoms with van der Waals surface area (Å²) in [6.45, 7) is 14.7. The van der Waals surface area contributed by atoms with E-state index in [0.29, 0.717) is 12.3 Å². The van der Waals surface area contributed by atoms with Crippen molar-refractivity contribution < 1.29 is 20.0 Å². The quantitative estimate of drug-likeness (QED) is 0.443. The Morgan fingerprint density at radius 3 is 1.94 bits per heavy atom. The minimum Gasteiger partial charge on any atom is -0.460 e. The molecule has 0 heterocycles. The largest absolute Gasteiger partial charge is 0.460 e. The van der Waals surface area contributed by atoms with Crippen molar-refractivity contribution in [1.29, 1.82) is 0 Å². The molecule has 4 nitrogen and oxygen atoms in total. The molecule has 0 rings (SSSR count). The molecule has 0 saturated heterocycles. The molecule has 0 bridgehead atoms. The Bertz CT molecular complexity index is 228. The van der Waals surface area contributed by atoms with Gasteiger partial charge in [0.1, 0.15) is 5.60 Å². The lowest BCUT2D eigenvalue weighted by atomic mass is 9.84. The zero-order valence-electron chi connectivity index (χ0n) is 12.9. The molecule has 0 spiro atoms. The zero-order chi connectivity index (χ0) is 15.0. The molecular formula is C14H30O4. The van der Waals surface area contributed by atoms with Gasteiger partial charge in [-0.25, -0.2) is 0 Å². The SMILES string of the molecule is CCC(C)(C)OC(=O)CC(C)CC(C)(C)C.OO. The first-order valence-electron chi connectivity index (χ1n) is 6.47. The first-order valence-corrected chi connectivity index (χ1v) is 6.47. The number of esters is 1. The van der Waals surface area contributed by atoms with Gasteiger partial charge in [0.05, 0.1) is 0 Å². The summed E-state index contributed by atoms with van der Waals surface area (Å²) in [5.74, 6) is 0.323. The Morgan fingerprint density at radius 2 is 1.61 bits per heavy atom. The van der Waals surface area contributed by atoms with Crippen LogP contribution in [0.1, 0.15) is 67.7 Å². The molecule has 0 fully saturated rings. The highest BCUT2D eigenvalue weighted by atomic mass is 17.0. The highest BCUT2D eigenvalue weighted by molar-refractivity contribution is 5.70. The van der Waals surface area contributed by atoms with Gasteiger partial charge in [-0.05, 0) is 38.0 Å². The van der Waals surface area contributed by atoms with Crippen LogP contribution in [0.4, 0.5) is 0 Å². The van der Waals surface area contributed by atoms with Crippen LogP contribution in [0.3, 0.4) is 0 Å². The van der Waals surface area contributed by atoms with Crippen molar-refractivity contribution in [1.82, 2.24) is 0 Å². The van der Waals surface area contributed by atoms with Gasteiger partial charge in [-0.1, -0.05) is 34.6 Å². The van der Waals surface area contributed by atoms with E-state index in [0.717, 1.165) is 12.8 Å². The Morgan fingerprint density at radius 1 is 1.17 bits per heavy atom. The van der Waals surface area contributed by atoms with Gasteiger partial charge in [0.15, 0.2) is 0 Å². The highest BCUT2D eigenvalue weighted by Crippen LogP contribution is 2.26. The lowest BCUT2D eigenvalue weighted by Gasteiger charge is -2.26. The van der Waals surface area contributed by atoms with Gasteiger partial charge in [-0.3, -0.25) is 15.3 Å². The molecule has 1 atom stereocenters. The summed E-state index contributed by atoms with van der Waals surface area (Å²) in [6.07, 6.45) is 2.43. The second-order valence-electron chi connectivity index (χ2n) is 6.66. The van der Waals surface area contributed by atoms with Crippen molar-refractivity contribution in [3.8, 4) is 0 Å². The summed E-state index contributed by atoms with van der Waals surface area (Å²) in [6, 6.07) is 0. The fourth-order valence-electron chi connectivity index (χ4n) is 1.82. The second kappa shape index (κ2) is 8.48. The number of hydrogen-bond donors (Lipinski definition) is 2. The number of ether oxygens (including phenoxy) is 1. The van der Waals surface area contributed by atoms with E-state index in [1.807, 2.05) is 20.8 Å². The Labute approximate surface area is 111 Å². The van der Waals surface area contributed by atoms with E-state index >= 15 is 0 Å². The summed E-state index contributed by atoms with van der Waals surface area (Å²) >= 11 is 0. The third-order valence-electron chi connectivity index (χ3n) is 2.72. The van der Waals surface area contributed by atoms with Crippen LogP contribution < -0.4 is 0 Å². The molecule has 4 heteroatoms. The van der Waals surface area contributed by atoms with E-state index in [2.05, 4.69) is 27.7 Å². The summed E-state index contributed by atoms with van der Waals surface area (Å²) in [5.41, 5.74) is -0.0431. The third kappa shape index (κ3) is 11.9. The average molecular weight is 262 g/mol. The van der Waals surface area contributed by atoms with Crippen LogP contribution in [0.25, 0.3) is 0 Å². The minimum atomic E-state index is -0.321. The maximum absolute atomic E-state index is 11.7. The molecule has 0 aromatic rings. The molecule has 110 valence electrons. The molecule has 1 unspecified atom stereocenters. The molecule has 0 aliphatic carbocycles. The second-order valence-corrected chi connectivity index (χ2v) is 6.66. The van der Waals surface area contributed by atoms with Gasteiger partial charge in [0, 0.05) is 6.42 Å². The number of hydrogen-bond acceptors (Lipinski definition) is 4. The van der Waals surface area contributed by atoms with Crippen LogP contribution in [0.5, 0.6) is 0 Å². The molecule has 0 aromatic carbocycles. The van der Waals surface area contributed by atoms with Gasteiger partial charge in [-0.15, -0.1) is 0 Å². The number of carbonyl (C=O) groups excluding carboxylic acids is 1. The summed E-state index contributed by atoms with van der Waals surface area (Å²) < 4.78 is 5.43. The van der Waals surface area contributed by atoms with Crippen molar-refractivity contribution in [2.24, 2.45) is 11.3 Å². The molecule has 18 heavy (non-hydrogen) atoms. The van der Waals surface area contributed by atoms with Crippen LogP contribution in [0, 0.1) is 11.3 Å². The molecule has 0 aliphatic rings. The average Bonchev–Trinajstić information content (AvgIpc) is 2.16. The summed E-state index contributed by atoms with van der Waals surface area (Å²) in [7, 11) is 0. The van der Waals surface area contributed by atoms with Crippen molar-refractivity contribution in [3.05, 3.63) is 0 Å².